The monoisotopic (exact) mass is 459 g/mol. The molecule has 5 heteroatoms. The molecule has 1 aromatic carbocycles. The van der Waals surface area contributed by atoms with E-state index in [1.165, 1.54) is 0 Å². The van der Waals surface area contributed by atoms with Crippen molar-refractivity contribution in [3.63, 3.8) is 0 Å². The first-order valence-electron chi connectivity index (χ1n) is 12.6. The number of urea groups is 1. The lowest BCUT2D eigenvalue weighted by Gasteiger charge is -2.41. The number of nitrogens with one attached hydrogen (secondary N) is 2. The van der Waals surface area contributed by atoms with E-state index in [2.05, 4.69) is 47.9 Å². The minimum atomic E-state index is -0.608. The lowest BCUT2D eigenvalue weighted by molar-refractivity contribution is -0.128. The number of carbonyl (C=O) groups excluding carboxylic acids is 2. The molecule has 5 nitrogen and oxygen atoms in total. The Morgan fingerprint density at radius 3 is 2.50 bits per heavy atom. The molecule has 0 aromatic heterocycles. The highest BCUT2D eigenvalue weighted by molar-refractivity contribution is 5.89. The fraction of sp³-hybridized carbons (Fsp3) is 0.448. The molecule has 3 amide bonds. The van der Waals surface area contributed by atoms with E-state index in [0.717, 1.165) is 24.0 Å². The molecule has 2 N–H and O–H groups in total. The predicted molar refractivity (Wildman–Crippen MR) is 137 cm³/mol. The molecule has 4 rings (SSSR count). The summed E-state index contributed by atoms with van der Waals surface area (Å²) in [6.45, 7) is 5.97. The largest absolute Gasteiger partial charge is 0.355 e. The molecule has 0 spiro atoms. The van der Waals surface area contributed by atoms with Crippen molar-refractivity contribution < 1.29 is 9.59 Å². The van der Waals surface area contributed by atoms with E-state index >= 15 is 0 Å². The molecule has 180 valence electrons. The lowest BCUT2D eigenvalue weighted by Crippen LogP contribution is -2.55. The van der Waals surface area contributed by atoms with Crippen LogP contribution in [-0.2, 0) is 10.2 Å². The van der Waals surface area contributed by atoms with E-state index in [-0.39, 0.29) is 18.0 Å². The van der Waals surface area contributed by atoms with Gasteiger partial charge in [-0.1, -0.05) is 79.8 Å². The third-order valence-electron chi connectivity index (χ3n) is 7.44. The topological polar surface area (TPSA) is 61.4 Å². The first kappa shape index (κ1) is 24.1. The highest BCUT2D eigenvalue weighted by Gasteiger charge is 2.43. The Labute approximate surface area is 203 Å². The van der Waals surface area contributed by atoms with Crippen LogP contribution < -0.4 is 10.6 Å². The van der Waals surface area contributed by atoms with Crippen molar-refractivity contribution in [2.24, 2.45) is 11.8 Å². The quantitative estimate of drug-likeness (QED) is 0.636. The van der Waals surface area contributed by atoms with Gasteiger partial charge in [-0.25, -0.2) is 4.79 Å². The Morgan fingerprint density at radius 1 is 1.09 bits per heavy atom. The first-order valence-corrected chi connectivity index (χ1v) is 12.6. The van der Waals surface area contributed by atoms with Gasteiger partial charge in [0.15, 0.2) is 0 Å². The highest BCUT2D eigenvalue weighted by atomic mass is 16.2. The van der Waals surface area contributed by atoms with Crippen LogP contribution in [0.1, 0.15) is 45.1 Å². The average Bonchev–Trinajstić information content (AvgIpc) is 2.88. The predicted octanol–water partition coefficient (Wildman–Crippen LogP) is 4.89. The van der Waals surface area contributed by atoms with Gasteiger partial charge in [0.25, 0.3) is 0 Å². The Hall–Kier alpha value is -3.08. The molecule has 2 aliphatic carbocycles. The van der Waals surface area contributed by atoms with Gasteiger partial charge in [-0.15, -0.1) is 0 Å². The molecule has 3 atom stereocenters. The average molecular weight is 460 g/mol. The van der Waals surface area contributed by atoms with Gasteiger partial charge in [-0.2, -0.15) is 0 Å². The summed E-state index contributed by atoms with van der Waals surface area (Å²) in [4.78, 5) is 28.4. The number of benzene rings is 1. The fourth-order valence-electron chi connectivity index (χ4n) is 5.10. The zero-order valence-electron chi connectivity index (χ0n) is 20.4. The van der Waals surface area contributed by atoms with E-state index < -0.39 is 5.41 Å². The maximum absolute atomic E-state index is 13.6. The summed E-state index contributed by atoms with van der Waals surface area (Å²) in [5.41, 5.74) is 1.59. The number of hydrogen-bond donors (Lipinski definition) is 2. The molecule has 3 aliphatic rings. The van der Waals surface area contributed by atoms with E-state index in [0.29, 0.717) is 44.3 Å². The minimum absolute atomic E-state index is 0.0297. The summed E-state index contributed by atoms with van der Waals surface area (Å²) in [5.74, 6) is 0.957. The maximum Gasteiger partial charge on any atom is 0.317 e. The molecule has 0 saturated carbocycles. The molecule has 0 bridgehead atoms. The summed E-state index contributed by atoms with van der Waals surface area (Å²) in [5, 5.41) is 6.38. The smallest absolute Gasteiger partial charge is 0.317 e. The van der Waals surface area contributed by atoms with Crippen LogP contribution in [-0.4, -0.2) is 42.5 Å². The Balaban J connectivity index is 1.39. The van der Waals surface area contributed by atoms with Gasteiger partial charge in [-0.3, -0.25) is 4.79 Å². The molecule has 3 unspecified atom stereocenters. The van der Waals surface area contributed by atoms with Crippen LogP contribution in [0, 0.1) is 11.8 Å². The van der Waals surface area contributed by atoms with Gasteiger partial charge >= 0.3 is 6.03 Å². The third-order valence-corrected chi connectivity index (χ3v) is 7.44. The van der Waals surface area contributed by atoms with Crippen molar-refractivity contribution in [2.45, 2.75) is 51.0 Å². The lowest BCUT2D eigenvalue weighted by atomic mass is 9.72. The SMILES string of the molecule is CC1C=CC(C(C)NC(=O)N2CCC(C(=O)NCC3C=CC=CC3)(c3ccccc3)CC2)=CC1. The fourth-order valence-corrected chi connectivity index (χ4v) is 5.10. The number of amides is 3. The number of allylic oxidation sites excluding steroid dienone is 5. The van der Waals surface area contributed by atoms with E-state index in [9.17, 15) is 9.59 Å². The normalized spacial score (nSPS) is 24.3. The summed E-state index contributed by atoms with van der Waals surface area (Å²) < 4.78 is 0. The van der Waals surface area contributed by atoms with E-state index in [4.69, 9.17) is 0 Å². The number of rotatable bonds is 6. The summed E-state index contributed by atoms with van der Waals surface area (Å²) in [6, 6.07) is 9.97. The zero-order valence-corrected chi connectivity index (χ0v) is 20.4. The molecular weight excluding hydrogens is 422 g/mol. The minimum Gasteiger partial charge on any atom is -0.355 e. The Bertz CT molecular complexity index is 984. The first-order chi connectivity index (χ1) is 16.5. The molecule has 0 radical (unpaired) electrons. The number of hydrogen-bond acceptors (Lipinski definition) is 2. The molecule has 1 saturated heterocycles. The Kier molecular flexibility index (Phi) is 7.71. The maximum atomic E-state index is 13.6. The van der Waals surface area contributed by atoms with Crippen LogP contribution in [0.3, 0.4) is 0 Å². The van der Waals surface area contributed by atoms with Gasteiger partial charge < -0.3 is 15.5 Å². The molecule has 1 aromatic rings. The van der Waals surface area contributed by atoms with Gasteiger partial charge in [0, 0.05) is 19.6 Å². The molecule has 1 aliphatic heterocycles. The zero-order chi connectivity index (χ0) is 24.0. The Morgan fingerprint density at radius 2 is 1.85 bits per heavy atom. The van der Waals surface area contributed by atoms with Crippen LogP contribution in [0.15, 0.2) is 78.4 Å². The van der Waals surface area contributed by atoms with Gasteiger partial charge in [0.1, 0.15) is 0 Å². The van der Waals surface area contributed by atoms with Crippen molar-refractivity contribution in [1.29, 1.82) is 0 Å². The van der Waals surface area contributed by atoms with Crippen LogP contribution in [0.5, 0.6) is 0 Å². The standard InChI is InChI=1S/C29H37N3O2/c1-22-13-15-25(16-14-22)23(2)31-28(34)32-19-17-29(18-20-32,26-11-7-4-8-12-26)27(33)30-21-24-9-5-3-6-10-24/h3-9,11-13,15-16,22-24H,10,14,17-21H2,1-2H3,(H,30,33)(H,31,34). The van der Waals surface area contributed by atoms with Crippen LogP contribution >= 0.6 is 0 Å². The summed E-state index contributed by atoms with van der Waals surface area (Å²) in [7, 11) is 0. The van der Waals surface area contributed by atoms with Crippen molar-refractivity contribution in [3.05, 3.63) is 84.0 Å². The number of likely N-dealkylation sites (tertiary alicyclic amines) is 1. The molecule has 1 heterocycles. The number of carbonyl (C=O) groups is 2. The van der Waals surface area contributed by atoms with Crippen LogP contribution in [0.25, 0.3) is 0 Å². The highest BCUT2D eigenvalue weighted by Crippen LogP contribution is 2.36. The molecule has 34 heavy (non-hydrogen) atoms. The second-order valence-electron chi connectivity index (χ2n) is 9.90. The van der Waals surface area contributed by atoms with Crippen molar-refractivity contribution in [1.82, 2.24) is 15.5 Å². The van der Waals surface area contributed by atoms with Gasteiger partial charge in [0.05, 0.1) is 11.5 Å². The third kappa shape index (κ3) is 5.52. The van der Waals surface area contributed by atoms with E-state index in [1.807, 2.05) is 54.3 Å². The van der Waals surface area contributed by atoms with Crippen molar-refractivity contribution in [3.8, 4) is 0 Å². The number of piperidine rings is 1. The van der Waals surface area contributed by atoms with Crippen molar-refractivity contribution in [2.75, 3.05) is 19.6 Å². The molecular formula is C29H37N3O2. The van der Waals surface area contributed by atoms with E-state index in [1.54, 1.807) is 0 Å². The van der Waals surface area contributed by atoms with Gasteiger partial charge in [-0.05, 0) is 55.6 Å². The second-order valence-corrected chi connectivity index (χ2v) is 9.90. The summed E-state index contributed by atoms with van der Waals surface area (Å²) >= 11 is 0. The molecule has 1 fully saturated rings. The summed E-state index contributed by atoms with van der Waals surface area (Å²) in [6.07, 6.45) is 18.1. The second kappa shape index (κ2) is 10.9. The number of nitrogens with zero attached hydrogens (tertiary/aromatic N) is 1. The van der Waals surface area contributed by atoms with Crippen LogP contribution in [0.4, 0.5) is 4.79 Å². The van der Waals surface area contributed by atoms with Crippen LogP contribution in [0.2, 0.25) is 0 Å². The van der Waals surface area contributed by atoms with Gasteiger partial charge in [0.2, 0.25) is 5.91 Å². The van der Waals surface area contributed by atoms with Crippen molar-refractivity contribution >= 4 is 11.9 Å².